The number of fused-ring (bicyclic) bond motifs is 1. The zero-order chi connectivity index (χ0) is 11.8. The minimum Gasteiger partial charge on any atom is -0.439 e. The SMILES string of the molecule is C[C@H]1NC(=O)O[C@@H]1c1ccc2ccccc2c1. The van der Waals surface area contributed by atoms with Crippen molar-refractivity contribution in [3.8, 4) is 0 Å². The van der Waals surface area contributed by atoms with Crippen LogP contribution in [0.2, 0.25) is 0 Å². The standard InChI is InChI=1S/C14H13NO2/c1-9-13(17-14(16)15-9)12-7-6-10-4-2-3-5-11(10)8-12/h2-9,13H,1H3,(H,15,16)/t9-,13+/m1/s1. The van der Waals surface area contributed by atoms with Gasteiger partial charge in [0.1, 0.15) is 6.10 Å². The molecule has 86 valence electrons. The second-order valence-corrected chi connectivity index (χ2v) is 4.37. The first-order valence-electron chi connectivity index (χ1n) is 5.70. The van der Waals surface area contributed by atoms with Gasteiger partial charge in [-0.15, -0.1) is 0 Å². The van der Waals surface area contributed by atoms with Crippen molar-refractivity contribution in [1.29, 1.82) is 0 Å². The van der Waals surface area contributed by atoms with Gasteiger partial charge in [-0.25, -0.2) is 4.79 Å². The molecule has 1 fully saturated rings. The molecule has 2 aromatic rings. The van der Waals surface area contributed by atoms with Crippen LogP contribution in [0.5, 0.6) is 0 Å². The van der Waals surface area contributed by atoms with E-state index in [0.717, 1.165) is 5.56 Å². The Hall–Kier alpha value is -2.03. The molecule has 17 heavy (non-hydrogen) atoms. The number of carbonyl (C=O) groups excluding carboxylic acids is 1. The number of carbonyl (C=O) groups is 1. The predicted molar refractivity (Wildman–Crippen MR) is 65.8 cm³/mol. The van der Waals surface area contributed by atoms with Crippen molar-refractivity contribution < 1.29 is 9.53 Å². The van der Waals surface area contributed by atoms with Crippen LogP contribution in [0.1, 0.15) is 18.6 Å². The van der Waals surface area contributed by atoms with Crippen LogP contribution in [-0.2, 0) is 4.74 Å². The zero-order valence-electron chi connectivity index (χ0n) is 9.51. The molecule has 0 saturated carbocycles. The Kier molecular flexibility index (Phi) is 2.25. The molecule has 2 aromatic carbocycles. The summed E-state index contributed by atoms with van der Waals surface area (Å²) in [5, 5.41) is 5.11. The van der Waals surface area contributed by atoms with Gasteiger partial charge < -0.3 is 10.1 Å². The first-order chi connectivity index (χ1) is 8.24. The van der Waals surface area contributed by atoms with Crippen LogP contribution in [0.25, 0.3) is 10.8 Å². The molecule has 0 unspecified atom stereocenters. The van der Waals surface area contributed by atoms with Gasteiger partial charge in [-0.05, 0) is 29.3 Å². The predicted octanol–water partition coefficient (Wildman–Crippen LogP) is 3.01. The topological polar surface area (TPSA) is 38.3 Å². The van der Waals surface area contributed by atoms with Crippen molar-refractivity contribution >= 4 is 16.9 Å². The molecule has 0 spiro atoms. The molecule has 1 aliphatic rings. The molecule has 1 saturated heterocycles. The highest BCUT2D eigenvalue weighted by Crippen LogP contribution is 2.28. The number of benzene rings is 2. The van der Waals surface area contributed by atoms with Gasteiger partial charge in [0.05, 0.1) is 6.04 Å². The maximum atomic E-state index is 11.2. The number of cyclic esters (lactones) is 1. The third kappa shape index (κ3) is 1.73. The van der Waals surface area contributed by atoms with Gasteiger partial charge in [0, 0.05) is 0 Å². The fraction of sp³-hybridized carbons (Fsp3) is 0.214. The second kappa shape index (κ2) is 3.77. The number of hydrogen-bond donors (Lipinski definition) is 1. The minimum atomic E-state index is -0.337. The zero-order valence-corrected chi connectivity index (χ0v) is 9.51. The molecule has 3 rings (SSSR count). The molecule has 0 aliphatic carbocycles. The normalized spacial score (nSPS) is 23.5. The molecule has 0 radical (unpaired) electrons. The Bertz CT molecular complexity index is 579. The van der Waals surface area contributed by atoms with Crippen molar-refractivity contribution in [3.05, 3.63) is 48.0 Å². The Morgan fingerprint density at radius 1 is 1.12 bits per heavy atom. The maximum absolute atomic E-state index is 11.2. The van der Waals surface area contributed by atoms with Crippen LogP contribution < -0.4 is 5.32 Å². The van der Waals surface area contributed by atoms with Crippen LogP contribution in [0.3, 0.4) is 0 Å². The van der Waals surface area contributed by atoms with E-state index < -0.39 is 0 Å². The number of rotatable bonds is 1. The lowest BCUT2D eigenvalue weighted by atomic mass is 10.0. The monoisotopic (exact) mass is 227 g/mol. The molecule has 2 atom stereocenters. The number of ether oxygens (including phenoxy) is 1. The van der Waals surface area contributed by atoms with Gasteiger partial charge in [0.25, 0.3) is 0 Å². The average molecular weight is 227 g/mol. The summed E-state index contributed by atoms with van der Waals surface area (Å²) in [5.74, 6) is 0. The van der Waals surface area contributed by atoms with E-state index >= 15 is 0 Å². The minimum absolute atomic E-state index is 0.0173. The molecule has 1 N–H and O–H groups in total. The van der Waals surface area contributed by atoms with E-state index in [1.54, 1.807) is 0 Å². The number of alkyl carbamates (subject to hydrolysis) is 1. The lowest BCUT2D eigenvalue weighted by Crippen LogP contribution is -2.23. The first kappa shape index (κ1) is 10.1. The molecular weight excluding hydrogens is 214 g/mol. The Morgan fingerprint density at radius 2 is 1.88 bits per heavy atom. The fourth-order valence-corrected chi connectivity index (χ4v) is 2.25. The van der Waals surface area contributed by atoms with Gasteiger partial charge >= 0.3 is 6.09 Å². The third-order valence-electron chi connectivity index (χ3n) is 3.14. The van der Waals surface area contributed by atoms with Gasteiger partial charge in [-0.1, -0.05) is 36.4 Å². The summed E-state index contributed by atoms with van der Waals surface area (Å²) < 4.78 is 5.26. The summed E-state index contributed by atoms with van der Waals surface area (Å²) in [6.45, 7) is 1.95. The maximum Gasteiger partial charge on any atom is 0.408 e. The fourth-order valence-electron chi connectivity index (χ4n) is 2.25. The number of hydrogen-bond acceptors (Lipinski definition) is 2. The lowest BCUT2D eigenvalue weighted by molar-refractivity contribution is 0.134. The highest BCUT2D eigenvalue weighted by atomic mass is 16.6. The molecule has 1 heterocycles. The summed E-state index contributed by atoms with van der Waals surface area (Å²) in [4.78, 5) is 11.2. The number of nitrogens with one attached hydrogen (secondary N) is 1. The van der Waals surface area contributed by atoms with Crippen LogP contribution in [-0.4, -0.2) is 12.1 Å². The Morgan fingerprint density at radius 3 is 2.59 bits per heavy atom. The van der Waals surface area contributed by atoms with Gasteiger partial charge in [0.15, 0.2) is 0 Å². The largest absolute Gasteiger partial charge is 0.439 e. The van der Waals surface area contributed by atoms with Gasteiger partial charge in [-0.2, -0.15) is 0 Å². The van der Waals surface area contributed by atoms with Crippen LogP contribution in [0.4, 0.5) is 4.79 Å². The van der Waals surface area contributed by atoms with Crippen molar-refractivity contribution in [3.63, 3.8) is 0 Å². The molecular formula is C14H13NO2. The average Bonchev–Trinajstić information content (AvgIpc) is 2.68. The van der Waals surface area contributed by atoms with E-state index in [4.69, 9.17) is 4.74 Å². The highest BCUT2D eigenvalue weighted by Gasteiger charge is 2.31. The van der Waals surface area contributed by atoms with E-state index in [9.17, 15) is 4.79 Å². The van der Waals surface area contributed by atoms with Crippen molar-refractivity contribution in [2.24, 2.45) is 0 Å². The van der Waals surface area contributed by atoms with Gasteiger partial charge in [-0.3, -0.25) is 0 Å². The summed E-state index contributed by atoms with van der Waals surface area (Å²) in [6.07, 6.45) is -0.525. The molecule has 3 heteroatoms. The van der Waals surface area contributed by atoms with E-state index in [1.807, 2.05) is 25.1 Å². The molecule has 3 nitrogen and oxygen atoms in total. The van der Waals surface area contributed by atoms with E-state index in [0.29, 0.717) is 0 Å². The quantitative estimate of drug-likeness (QED) is 0.813. The van der Waals surface area contributed by atoms with Crippen LogP contribution in [0, 0.1) is 0 Å². The molecule has 0 bridgehead atoms. The summed E-state index contributed by atoms with van der Waals surface area (Å²) in [6, 6.07) is 14.3. The second-order valence-electron chi connectivity index (χ2n) is 4.37. The van der Waals surface area contributed by atoms with Gasteiger partial charge in [0.2, 0.25) is 0 Å². The molecule has 1 aliphatic heterocycles. The third-order valence-corrected chi connectivity index (χ3v) is 3.14. The first-order valence-corrected chi connectivity index (χ1v) is 5.70. The number of amides is 1. The summed E-state index contributed by atoms with van der Waals surface area (Å²) in [5.41, 5.74) is 1.04. The smallest absolute Gasteiger partial charge is 0.408 e. The van der Waals surface area contributed by atoms with Crippen LogP contribution in [0.15, 0.2) is 42.5 Å². The van der Waals surface area contributed by atoms with Crippen molar-refractivity contribution in [2.45, 2.75) is 19.1 Å². The lowest BCUT2D eigenvalue weighted by Gasteiger charge is -2.13. The molecule has 1 amide bonds. The summed E-state index contributed by atoms with van der Waals surface area (Å²) >= 11 is 0. The summed E-state index contributed by atoms with van der Waals surface area (Å²) in [7, 11) is 0. The van der Waals surface area contributed by atoms with Crippen LogP contribution >= 0.6 is 0 Å². The Balaban J connectivity index is 2.03. The van der Waals surface area contributed by atoms with E-state index in [-0.39, 0.29) is 18.2 Å². The Labute approximate surface area is 99.4 Å². The molecule has 0 aromatic heterocycles. The van der Waals surface area contributed by atoms with E-state index in [2.05, 4.69) is 29.6 Å². The highest BCUT2D eigenvalue weighted by molar-refractivity contribution is 5.83. The van der Waals surface area contributed by atoms with E-state index in [1.165, 1.54) is 10.8 Å². The van der Waals surface area contributed by atoms with Crippen molar-refractivity contribution in [1.82, 2.24) is 5.32 Å². The van der Waals surface area contributed by atoms with Crippen molar-refractivity contribution in [2.75, 3.05) is 0 Å².